The van der Waals surface area contributed by atoms with Crippen molar-refractivity contribution in [2.45, 2.75) is 74.0 Å². The van der Waals surface area contributed by atoms with Gasteiger partial charge in [0.05, 0.1) is 0 Å². The molecule has 1 aliphatic heterocycles. The van der Waals surface area contributed by atoms with Gasteiger partial charge in [0.1, 0.15) is 0 Å². The summed E-state index contributed by atoms with van der Waals surface area (Å²) in [6.07, 6.45) is 4.65. The molecule has 1 nitrogen and oxygen atoms in total. The van der Waals surface area contributed by atoms with E-state index < -0.39 is 16.2 Å². The van der Waals surface area contributed by atoms with E-state index in [4.69, 9.17) is 0 Å². The van der Waals surface area contributed by atoms with Crippen molar-refractivity contribution >= 4 is 16.2 Å². The van der Waals surface area contributed by atoms with E-state index in [0.29, 0.717) is 0 Å². The molecular formula is C13H28GaN. The molecule has 0 aliphatic carbocycles. The fraction of sp³-hybridized carbons (Fsp3) is 1.00. The Morgan fingerprint density at radius 3 is 1.93 bits per heavy atom. The summed E-state index contributed by atoms with van der Waals surface area (Å²) in [5, 5.41) is 0. The quantitative estimate of drug-likeness (QED) is 0.686. The van der Waals surface area contributed by atoms with Crippen molar-refractivity contribution < 1.29 is 0 Å². The Morgan fingerprint density at radius 1 is 0.933 bits per heavy atom. The van der Waals surface area contributed by atoms with Crippen LogP contribution in [0.25, 0.3) is 0 Å². The van der Waals surface area contributed by atoms with Crippen LogP contribution >= 0.6 is 0 Å². The van der Waals surface area contributed by atoms with Gasteiger partial charge < -0.3 is 0 Å². The van der Waals surface area contributed by atoms with Gasteiger partial charge in [0.25, 0.3) is 0 Å². The monoisotopic (exact) mass is 267 g/mol. The maximum absolute atomic E-state index is 2.68. The molecule has 15 heavy (non-hydrogen) atoms. The molecule has 1 aliphatic rings. The van der Waals surface area contributed by atoms with E-state index in [0.717, 1.165) is 12.1 Å². The predicted molar refractivity (Wildman–Crippen MR) is 71.0 cm³/mol. The molecule has 0 atom stereocenters. The summed E-state index contributed by atoms with van der Waals surface area (Å²) in [5.74, 6) is 0. The van der Waals surface area contributed by atoms with Crippen LogP contribution in [0.2, 0.25) is 14.9 Å². The van der Waals surface area contributed by atoms with Crippen molar-refractivity contribution in [1.82, 2.24) is 4.90 Å². The molecule has 0 N–H and O–H groups in total. The third-order valence-corrected chi connectivity index (χ3v) is 11.2. The maximum atomic E-state index is 2.68. The van der Waals surface area contributed by atoms with Gasteiger partial charge in [-0.15, -0.1) is 0 Å². The molecule has 1 rings (SSSR count). The van der Waals surface area contributed by atoms with Crippen LogP contribution < -0.4 is 0 Å². The van der Waals surface area contributed by atoms with Crippen LogP contribution in [0.5, 0.6) is 0 Å². The molecule has 0 aromatic rings. The zero-order valence-electron chi connectivity index (χ0n) is 11.1. The van der Waals surface area contributed by atoms with E-state index in [2.05, 4.69) is 32.6 Å². The first kappa shape index (κ1) is 13.7. The molecule has 88 valence electrons. The van der Waals surface area contributed by atoms with Gasteiger partial charge in [-0.3, -0.25) is 0 Å². The topological polar surface area (TPSA) is 3.24 Å². The average molecular weight is 268 g/mol. The molecule has 0 bridgehead atoms. The third kappa shape index (κ3) is 4.97. The van der Waals surface area contributed by atoms with Gasteiger partial charge in [-0.1, -0.05) is 0 Å². The first-order chi connectivity index (χ1) is 7.11. The van der Waals surface area contributed by atoms with Gasteiger partial charge in [0.15, 0.2) is 0 Å². The Bertz CT molecular complexity index is 154. The number of hydrogen-bond acceptors (Lipinski definition) is 1. The second kappa shape index (κ2) is 7.03. The van der Waals surface area contributed by atoms with Crippen molar-refractivity contribution in [3.63, 3.8) is 0 Å². The predicted octanol–water partition coefficient (Wildman–Crippen LogP) is 3.78. The van der Waals surface area contributed by atoms with Crippen molar-refractivity contribution in [2.75, 3.05) is 6.54 Å². The molecule has 0 saturated carbocycles. The van der Waals surface area contributed by atoms with Crippen LogP contribution in [-0.2, 0) is 0 Å². The van der Waals surface area contributed by atoms with E-state index in [1.54, 1.807) is 27.8 Å². The fourth-order valence-corrected chi connectivity index (χ4v) is 9.76. The molecule has 1 saturated heterocycles. The Morgan fingerprint density at radius 2 is 1.47 bits per heavy atom. The van der Waals surface area contributed by atoms with Gasteiger partial charge in [-0.05, 0) is 0 Å². The first-order valence-electron chi connectivity index (χ1n) is 6.87. The van der Waals surface area contributed by atoms with Gasteiger partial charge in [-0.25, -0.2) is 0 Å². The van der Waals surface area contributed by atoms with Crippen LogP contribution in [0, 0.1) is 0 Å². The molecule has 1 heterocycles. The summed E-state index contributed by atoms with van der Waals surface area (Å²) < 4.78 is 0. The molecule has 0 aromatic heterocycles. The SMILES string of the molecule is CC(C)N(C[CH2][Ga]1[CH2]CCC[CH2]1)C(C)C. The minimum absolute atomic E-state index is 0.732. The van der Waals surface area contributed by atoms with Gasteiger partial charge >= 0.3 is 102 Å². The van der Waals surface area contributed by atoms with Crippen molar-refractivity contribution in [2.24, 2.45) is 0 Å². The van der Waals surface area contributed by atoms with E-state index in [1.807, 2.05) is 0 Å². The number of hydrogen-bond donors (Lipinski definition) is 0. The van der Waals surface area contributed by atoms with Crippen molar-refractivity contribution in [3.05, 3.63) is 0 Å². The molecule has 0 unspecified atom stereocenters. The first-order valence-corrected chi connectivity index (χ1v) is 12.0. The number of nitrogens with zero attached hydrogens (tertiary/aromatic N) is 1. The van der Waals surface area contributed by atoms with E-state index in [1.165, 1.54) is 13.0 Å². The van der Waals surface area contributed by atoms with Crippen LogP contribution in [0.1, 0.15) is 47.0 Å². The van der Waals surface area contributed by atoms with E-state index in [-0.39, 0.29) is 0 Å². The zero-order chi connectivity index (χ0) is 11.3. The van der Waals surface area contributed by atoms with E-state index >= 15 is 0 Å². The second-order valence-corrected chi connectivity index (χ2v) is 13.0. The van der Waals surface area contributed by atoms with Crippen molar-refractivity contribution in [3.8, 4) is 0 Å². The van der Waals surface area contributed by atoms with Crippen LogP contribution in [0.15, 0.2) is 0 Å². The van der Waals surface area contributed by atoms with Gasteiger partial charge in [-0.2, -0.15) is 0 Å². The molecule has 2 heteroatoms. The summed E-state index contributed by atoms with van der Waals surface area (Å²) in [5.41, 5.74) is 0. The molecule has 1 fully saturated rings. The molecule has 0 spiro atoms. The van der Waals surface area contributed by atoms with Crippen LogP contribution in [0.3, 0.4) is 0 Å². The normalized spacial score (nSPS) is 18.2. The van der Waals surface area contributed by atoms with E-state index in [9.17, 15) is 0 Å². The Hall–Kier alpha value is 0.596. The zero-order valence-corrected chi connectivity index (χ0v) is 13.6. The van der Waals surface area contributed by atoms with Crippen LogP contribution in [-0.4, -0.2) is 39.7 Å². The van der Waals surface area contributed by atoms with Gasteiger partial charge in [0.2, 0.25) is 0 Å². The summed E-state index contributed by atoms with van der Waals surface area (Å²) >= 11 is -0.773. The summed E-state index contributed by atoms with van der Waals surface area (Å²) in [6.45, 7) is 10.8. The standard InChI is InChI=1S/C8H18N.C5H10.Ga/c1-6-9(7(2)3)8(4)5;1-3-5-4-2;/h7-8H,1,6H2,2-5H3;1-5H2;. The summed E-state index contributed by atoms with van der Waals surface area (Å²) in [6, 6.07) is 1.46. The second-order valence-electron chi connectivity index (χ2n) is 5.72. The summed E-state index contributed by atoms with van der Waals surface area (Å²) in [7, 11) is 0. The van der Waals surface area contributed by atoms with Gasteiger partial charge in [0, 0.05) is 0 Å². The van der Waals surface area contributed by atoms with Crippen LogP contribution in [0.4, 0.5) is 0 Å². The molecule has 0 radical (unpaired) electrons. The van der Waals surface area contributed by atoms with Crippen molar-refractivity contribution in [1.29, 1.82) is 0 Å². The molecule has 0 amide bonds. The third-order valence-electron chi connectivity index (χ3n) is 3.85. The molecular weight excluding hydrogens is 240 g/mol. The number of rotatable bonds is 5. The Balaban J connectivity index is 2.26. The Kier molecular flexibility index (Phi) is 6.40. The fourth-order valence-electron chi connectivity index (χ4n) is 2.92. The Labute approximate surface area is 102 Å². The molecule has 0 aromatic carbocycles. The summed E-state index contributed by atoms with van der Waals surface area (Å²) in [4.78, 5) is 7.65. The average Bonchev–Trinajstić information content (AvgIpc) is 2.18. The minimum atomic E-state index is -0.773.